The van der Waals surface area contributed by atoms with Crippen molar-refractivity contribution in [3.8, 4) is 0 Å². The van der Waals surface area contributed by atoms with Crippen molar-refractivity contribution in [2.75, 3.05) is 0 Å². The largest absolute Gasteiger partial charge is 0.457 e. The number of rotatable bonds is 4. The van der Waals surface area contributed by atoms with Crippen molar-refractivity contribution in [1.82, 2.24) is 5.32 Å². The van der Waals surface area contributed by atoms with Crippen LogP contribution in [0.4, 0.5) is 0 Å². The highest BCUT2D eigenvalue weighted by Gasteiger charge is 2.54. The van der Waals surface area contributed by atoms with E-state index < -0.39 is 0 Å². The van der Waals surface area contributed by atoms with Crippen LogP contribution < -0.4 is 5.32 Å². The smallest absolute Gasteiger partial charge is 0.403 e. The Balaban J connectivity index is 0.00000122. The SMILES string of the molecule is CC(=O)NC1(C(C)(C)C)CCC(C)(CCB2OC(C)(C)C(C)(C)O2)C1.N=C=O. The number of carbonyl (C=O) groups is 1. The predicted molar refractivity (Wildman–Crippen MR) is 112 cm³/mol. The summed E-state index contributed by atoms with van der Waals surface area (Å²) < 4.78 is 12.3. The molecule has 0 aromatic carbocycles. The van der Waals surface area contributed by atoms with Crippen molar-refractivity contribution in [3.63, 3.8) is 0 Å². The van der Waals surface area contributed by atoms with Gasteiger partial charge in [0.15, 0.2) is 0 Å². The molecule has 1 aliphatic carbocycles. The van der Waals surface area contributed by atoms with Gasteiger partial charge in [-0.3, -0.25) is 4.79 Å². The number of isocyanates is 1. The lowest BCUT2D eigenvalue weighted by Crippen LogP contribution is -2.55. The normalized spacial score (nSPS) is 31.0. The van der Waals surface area contributed by atoms with E-state index in [1.807, 2.05) is 0 Å². The maximum Gasteiger partial charge on any atom is 0.457 e. The van der Waals surface area contributed by atoms with Gasteiger partial charge in [-0.15, -0.1) is 0 Å². The van der Waals surface area contributed by atoms with E-state index in [1.165, 1.54) is 0 Å². The predicted octanol–water partition coefficient (Wildman–Crippen LogP) is 4.48. The van der Waals surface area contributed by atoms with Gasteiger partial charge in [0.05, 0.1) is 11.2 Å². The van der Waals surface area contributed by atoms with Crippen LogP contribution in [-0.2, 0) is 18.9 Å². The van der Waals surface area contributed by atoms with Crippen molar-refractivity contribution in [1.29, 1.82) is 5.41 Å². The van der Waals surface area contributed by atoms with Gasteiger partial charge in [-0.05, 0) is 70.5 Å². The Labute approximate surface area is 171 Å². The van der Waals surface area contributed by atoms with E-state index in [1.54, 1.807) is 6.92 Å². The van der Waals surface area contributed by atoms with Gasteiger partial charge in [0.25, 0.3) is 0 Å². The third-order valence-electron chi connectivity index (χ3n) is 7.02. The number of hydrogen-bond acceptors (Lipinski definition) is 5. The van der Waals surface area contributed by atoms with E-state index in [4.69, 9.17) is 19.5 Å². The van der Waals surface area contributed by atoms with Crippen LogP contribution in [0.25, 0.3) is 0 Å². The minimum atomic E-state index is -0.264. The van der Waals surface area contributed by atoms with Crippen LogP contribution in [0.15, 0.2) is 0 Å². The quantitative estimate of drug-likeness (QED) is 0.418. The lowest BCUT2D eigenvalue weighted by atomic mass is 9.68. The van der Waals surface area contributed by atoms with Crippen molar-refractivity contribution in [2.24, 2.45) is 10.8 Å². The summed E-state index contributed by atoms with van der Waals surface area (Å²) in [5.74, 6) is 0.0742. The molecule has 0 radical (unpaired) electrons. The first-order valence-corrected chi connectivity index (χ1v) is 10.2. The fourth-order valence-electron chi connectivity index (χ4n) is 4.45. The molecule has 2 aliphatic rings. The van der Waals surface area contributed by atoms with Crippen molar-refractivity contribution in [2.45, 2.75) is 111 Å². The summed E-state index contributed by atoms with van der Waals surface area (Å²) >= 11 is 0. The van der Waals surface area contributed by atoms with Gasteiger partial charge < -0.3 is 14.6 Å². The number of carbonyl (C=O) groups excluding carboxylic acids is 2. The molecule has 0 bridgehead atoms. The first kappa shape index (κ1) is 24.9. The Bertz CT molecular complexity index is 592. The minimum Gasteiger partial charge on any atom is -0.403 e. The molecule has 0 aromatic rings. The molecule has 7 heteroatoms. The number of amides is 1. The minimum absolute atomic E-state index is 0.0424. The maximum absolute atomic E-state index is 11.8. The lowest BCUT2D eigenvalue weighted by Gasteiger charge is -2.44. The molecular formula is C21H39BN2O4. The number of nitrogens with one attached hydrogen (secondary N) is 2. The van der Waals surface area contributed by atoms with E-state index in [-0.39, 0.29) is 40.6 Å². The van der Waals surface area contributed by atoms with Crippen molar-refractivity contribution < 1.29 is 18.9 Å². The van der Waals surface area contributed by atoms with Crippen molar-refractivity contribution in [3.05, 3.63) is 0 Å². The molecule has 2 N–H and O–H groups in total. The zero-order valence-electron chi connectivity index (χ0n) is 19.2. The van der Waals surface area contributed by atoms with Gasteiger partial charge in [-0.1, -0.05) is 27.7 Å². The molecule has 1 aliphatic heterocycles. The van der Waals surface area contributed by atoms with Gasteiger partial charge >= 0.3 is 7.12 Å². The van der Waals surface area contributed by atoms with Gasteiger partial charge in [0.1, 0.15) is 0 Å². The van der Waals surface area contributed by atoms with Crippen LogP contribution in [-0.4, -0.2) is 35.8 Å². The monoisotopic (exact) mass is 394 g/mol. The maximum atomic E-state index is 11.8. The van der Waals surface area contributed by atoms with Gasteiger partial charge in [-0.25, -0.2) is 10.2 Å². The average Bonchev–Trinajstić information content (AvgIpc) is 2.92. The highest BCUT2D eigenvalue weighted by Crippen LogP contribution is 2.54. The first-order valence-electron chi connectivity index (χ1n) is 10.2. The van der Waals surface area contributed by atoms with Crippen LogP contribution in [0.2, 0.25) is 6.32 Å². The topological polar surface area (TPSA) is 88.5 Å². The lowest BCUT2D eigenvalue weighted by molar-refractivity contribution is -0.122. The summed E-state index contributed by atoms with van der Waals surface area (Å²) in [6.45, 7) is 19.1. The molecule has 1 amide bonds. The molecule has 6 nitrogen and oxygen atoms in total. The van der Waals surface area contributed by atoms with E-state index in [0.29, 0.717) is 0 Å². The van der Waals surface area contributed by atoms with E-state index in [9.17, 15) is 4.79 Å². The Kier molecular flexibility index (Phi) is 7.37. The summed E-state index contributed by atoms with van der Waals surface area (Å²) in [6, 6.07) is 0. The molecule has 28 heavy (non-hydrogen) atoms. The zero-order valence-corrected chi connectivity index (χ0v) is 19.2. The Morgan fingerprint density at radius 1 is 1.11 bits per heavy atom. The standard InChI is InChI=1S/C20H38BNO3.CHNO/c1-15(23)22-20(16(2,3)4)11-10-19(9,14-20)12-13-21-24-17(5,6)18(7,8)25-21;2-1-3/h10-14H2,1-9H3,(H,22,23);2H. The summed E-state index contributed by atoms with van der Waals surface area (Å²) in [7, 11) is -0.132. The van der Waals surface area contributed by atoms with Gasteiger partial charge in [0, 0.05) is 12.5 Å². The van der Waals surface area contributed by atoms with Gasteiger partial charge in [-0.2, -0.15) is 0 Å². The molecule has 0 aromatic heterocycles. The van der Waals surface area contributed by atoms with Crippen LogP contribution >= 0.6 is 0 Å². The molecule has 2 atom stereocenters. The molecule has 1 saturated carbocycles. The summed E-state index contributed by atoms with van der Waals surface area (Å²) in [5, 5.41) is 8.71. The van der Waals surface area contributed by atoms with Crippen molar-refractivity contribution >= 4 is 19.1 Å². The third-order valence-corrected chi connectivity index (χ3v) is 7.02. The summed E-state index contributed by atoms with van der Waals surface area (Å²) in [4.78, 5) is 20.2. The van der Waals surface area contributed by atoms with Crippen LogP contribution in [0, 0.1) is 16.2 Å². The summed E-state index contributed by atoms with van der Waals surface area (Å²) in [6.07, 6.45) is 5.90. The molecule has 1 heterocycles. The number of hydrogen-bond donors (Lipinski definition) is 2. The second kappa shape index (κ2) is 8.29. The molecule has 0 spiro atoms. The molecule has 1 saturated heterocycles. The summed E-state index contributed by atoms with van der Waals surface area (Å²) in [5.41, 5.74) is -0.400. The van der Waals surface area contributed by atoms with Crippen LogP contribution in [0.3, 0.4) is 0 Å². The average molecular weight is 394 g/mol. The zero-order chi connectivity index (χ0) is 22.0. The fourth-order valence-corrected chi connectivity index (χ4v) is 4.45. The first-order chi connectivity index (χ1) is 12.5. The second-order valence-corrected chi connectivity index (χ2v) is 10.8. The van der Waals surface area contributed by atoms with E-state index in [2.05, 4.69) is 60.7 Å². The van der Waals surface area contributed by atoms with Gasteiger partial charge in [0.2, 0.25) is 12.0 Å². The van der Waals surface area contributed by atoms with Crippen LogP contribution in [0.1, 0.15) is 88.0 Å². The molecule has 2 fully saturated rings. The highest BCUT2D eigenvalue weighted by atomic mass is 16.7. The van der Waals surface area contributed by atoms with E-state index >= 15 is 0 Å². The molecular weight excluding hydrogens is 355 g/mol. The molecule has 160 valence electrons. The third kappa shape index (κ3) is 5.46. The molecule has 2 rings (SSSR count). The second-order valence-electron chi connectivity index (χ2n) is 10.8. The fraction of sp³-hybridized carbons (Fsp3) is 0.905. The van der Waals surface area contributed by atoms with E-state index in [0.717, 1.165) is 38.1 Å². The Hall–Kier alpha value is -1.17. The Morgan fingerprint density at radius 3 is 1.96 bits per heavy atom. The highest BCUT2D eigenvalue weighted by molar-refractivity contribution is 6.45. The Morgan fingerprint density at radius 2 is 1.57 bits per heavy atom. The molecule has 2 unspecified atom stereocenters. The van der Waals surface area contributed by atoms with Crippen LogP contribution in [0.5, 0.6) is 0 Å².